The van der Waals surface area contributed by atoms with E-state index >= 15 is 0 Å². The molecule has 110 valence electrons. The number of pyridine rings is 1. The van der Waals surface area contributed by atoms with Gasteiger partial charge in [-0.3, -0.25) is 9.59 Å². The van der Waals surface area contributed by atoms with Crippen LogP contribution in [-0.4, -0.2) is 24.0 Å². The van der Waals surface area contributed by atoms with Crippen LogP contribution in [-0.2, 0) is 9.53 Å². The van der Waals surface area contributed by atoms with Crippen LogP contribution in [0.2, 0.25) is 0 Å². The Labute approximate surface area is 125 Å². The fourth-order valence-corrected chi connectivity index (χ4v) is 2.57. The molecule has 2 rings (SSSR count). The molecule has 1 atom stereocenters. The minimum atomic E-state index is -0.466. The van der Waals surface area contributed by atoms with E-state index in [2.05, 4.69) is 15.0 Å². The van der Waals surface area contributed by atoms with E-state index in [9.17, 15) is 9.59 Å². The largest absolute Gasteiger partial charge is 0.469 e. The number of nitrogens with zero attached hydrogens (tertiary/aromatic N) is 1. The van der Waals surface area contributed by atoms with E-state index in [-0.39, 0.29) is 17.8 Å². The lowest BCUT2D eigenvalue weighted by Gasteiger charge is -2.16. The normalized spacial score (nSPS) is 11.7. The first-order chi connectivity index (χ1) is 10.1. The zero-order valence-electron chi connectivity index (χ0n) is 11.4. The third-order valence-corrected chi connectivity index (χ3v) is 3.83. The molecule has 2 heterocycles. The molecule has 21 heavy (non-hydrogen) atoms. The van der Waals surface area contributed by atoms with Crippen LogP contribution in [0.25, 0.3) is 0 Å². The first-order valence-electron chi connectivity index (χ1n) is 6.23. The van der Waals surface area contributed by atoms with E-state index in [0.717, 1.165) is 4.88 Å². The Morgan fingerprint density at radius 2 is 2.24 bits per heavy atom. The summed E-state index contributed by atoms with van der Waals surface area (Å²) < 4.78 is 4.66. The van der Waals surface area contributed by atoms with Crippen molar-refractivity contribution >= 4 is 28.9 Å². The topological polar surface area (TPSA) is 94.3 Å². The maximum absolute atomic E-state index is 12.2. The number of carbonyl (C=O) groups is 2. The van der Waals surface area contributed by atoms with Gasteiger partial charge in [0.25, 0.3) is 5.91 Å². The average molecular weight is 305 g/mol. The molecule has 0 saturated carbocycles. The standard InChI is InChI=1S/C14H15N3O3S/c1-20-12(18)8-10(11-5-3-7-21-11)17-14(19)13-9(15)4-2-6-16-13/h2-7,10H,8,15H2,1H3,(H,17,19). The second-order valence-electron chi connectivity index (χ2n) is 4.26. The van der Waals surface area contributed by atoms with Gasteiger partial charge in [-0.1, -0.05) is 6.07 Å². The second-order valence-corrected chi connectivity index (χ2v) is 5.24. The van der Waals surface area contributed by atoms with Gasteiger partial charge in [-0.2, -0.15) is 0 Å². The molecule has 2 aromatic rings. The first kappa shape index (κ1) is 15.0. The van der Waals surface area contributed by atoms with Crippen molar-refractivity contribution in [3.05, 3.63) is 46.4 Å². The number of thiophene rings is 1. The average Bonchev–Trinajstić information content (AvgIpc) is 3.01. The predicted octanol–water partition coefficient (Wildman–Crippen LogP) is 1.76. The second kappa shape index (κ2) is 6.85. The number of hydrogen-bond donors (Lipinski definition) is 2. The number of anilines is 1. The van der Waals surface area contributed by atoms with Crippen LogP contribution >= 0.6 is 11.3 Å². The van der Waals surface area contributed by atoms with Gasteiger partial charge in [0.05, 0.1) is 25.3 Å². The minimum Gasteiger partial charge on any atom is -0.469 e. The molecule has 0 bridgehead atoms. The molecule has 0 aromatic carbocycles. The molecule has 2 aromatic heterocycles. The molecule has 7 heteroatoms. The summed E-state index contributed by atoms with van der Waals surface area (Å²) in [6, 6.07) is 6.48. The van der Waals surface area contributed by atoms with Crippen LogP contribution in [0.1, 0.15) is 27.8 Å². The zero-order valence-corrected chi connectivity index (χ0v) is 12.2. The van der Waals surface area contributed by atoms with Crippen molar-refractivity contribution in [2.45, 2.75) is 12.5 Å². The quantitative estimate of drug-likeness (QED) is 0.821. The Hall–Kier alpha value is -2.41. The SMILES string of the molecule is COC(=O)CC(NC(=O)c1ncccc1N)c1cccs1. The zero-order chi connectivity index (χ0) is 15.2. The monoisotopic (exact) mass is 305 g/mol. The highest BCUT2D eigenvalue weighted by molar-refractivity contribution is 7.10. The number of methoxy groups -OCH3 is 1. The van der Waals surface area contributed by atoms with Crippen LogP contribution in [0.15, 0.2) is 35.8 Å². The lowest BCUT2D eigenvalue weighted by Crippen LogP contribution is -2.31. The number of nitrogen functional groups attached to an aromatic ring is 1. The Morgan fingerprint density at radius 1 is 1.43 bits per heavy atom. The predicted molar refractivity (Wildman–Crippen MR) is 79.8 cm³/mol. The van der Waals surface area contributed by atoms with E-state index in [4.69, 9.17) is 5.73 Å². The molecule has 6 nitrogen and oxygen atoms in total. The number of esters is 1. The summed E-state index contributed by atoms with van der Waals surface area (Å²) in [7, 11) is 1.31. The summed E-state index contributed by atoms with van der Waals surface area (Å²) in [6.45, 7) is 0. The number of aromatic nitrogens is 1. The van der Waals surface area contributed by atoms with Gasteiger partial charge in [0.1, 0.15) is 0 Å². The molecule has 0 aliphatic carbocycles. The molecule has 1 unspecified atom stereocenters. The molecular weight excluding hydrogens is 290 g/mol. The van der Waals surface area contributed by atoms with Gasteiger partial charge in [0.2, 0.25) is 0 Å². The molecule has 1 amide bonds. The highest BCUT2D eigenvalue weighted by atomic mass is 32.1. The number of carbonyl (C=O) groups excluding carboxylic acids is 2. The first-order valence-corrected chi connectivity index (χ1v) is 7.11. The molecular formula is C14H15N3O3S. The van der Waals surface area contributed by atoms with Crippen molar-refractivity contribution in [1.82, 2.24) is 10.3 Å². The van der Waals surface area contributed by atoms with E-state index in [1.54, 1.807) is 12.1 Å². The van der Waals surface area contributed by atoms with Crippen LogP contribution in [0.3, 0.4) is 0 Å². The van der Waals surface area contributed by atoms with Gasteiger partial charge in [-0.25, -0.2) is 4.98 Å². The number of nitrogens with two attached hydrogens (primary N) is 1. The van der Waals surface area contributed by atoms with E-state index in [1.165, 1.54) is 24.6 Å². The highest BCUT2D eigenvalue weighted by Crippen LogP contribution is 2.23. The number of rotatable bonds is 5. The van der Waals surface area contributed by atoms with E-state index in [1.807, 2.05) is 17.5 Å². The molecule has 0 spiro atoms. The molecule has 0 saturated heterocycles. The van der Waals surface area contributed by atoms with Gasteiger partial charge in [0, 0.05) is 11.1 Å². The van der Waals surface area contributed by atoms with E-state index in [0.29, 0.717) is 0 Å². The van der Waals surface area contributed by atoms with Crippen LogP contribution < -0.4 is 11.1 Å². The molecule has 0 fully saturated rings. The smallest absolute Gasteiger partial charge is 0.307 e. The minimum absolute atomic E-state index is 0.0511. The van der Waals surface area contributed by atoms with Gasteiger partial charge in [-0.05, 0) is 23.6 Å². The number of nitrogens with one attached hydrogen (secondary N) is 1. The van der Waals surface area contributed by atoms with Crippen molar-refractivity contribution in [2.75, 3.05) is 12.8 Å². The van der Waals surface area contributed by atoms with Crippen molar-refractivity contribution in [2.24, 2.45) is 0 Å². The van der Waals surface area contributed by atoms with Crippen LogP contribution in [0.5, 0.6) is 0 Å². The number of ether oxygens (including phenoxy) is 1. The van der Waals surface area contributed by atoms with Crippen molar-refractivity contribution < 1.29 is 14.3 Å². The fraction of sp³-hybridized carbons (Fsp3) is 0.214. The summed E-state index contributed by atoms with van der Waals surface area (Å²) >= 11 is 1.45. The Morgan fingerprint density at radius 3 is 2.86 bits per heavy atom. The van der Waals surface area contributed by atoms with Gasteiger partial charge < -0.3 is 15.8 Å². The summed E-state index contributed by atoms with van der Waals surface area (Å²) in [4.78, 5) is 28.6. The van der Waals surface area contributed by atoms with Crippen LogP contribution in [0, 0.1) is 0 Å². The van der Waals surface area contributed by atoms with Gasteiger partial charge in [0.15, 0.2) is 5.69 Å². The fourth-order valence-electron chi connectivity index (χ4n) is 1.80. The van der Waals surface area contributed by atoms with E-state index < -0.39 is 17.9 Å². The Bertz CT molecular complexity index is 628. The Balaban J connectivity index is 2.17. The summed E-state index contributed by atoms with van der Waals surface area (Å²) in [5.41, 5.74) is 6.16. The highest BCUT2D eigenvalue weighted by Gasteiger charge is 2.22. The summed E-state index contributed by atoms with van der Waals surface area (Å²) in [5, 5.41) is 4.65. The third-order valence-electron chi connectivity index (χ3n) is 2.84. The van der Waals surface area contributed by atoms with Gasteiger partial charge in [-0.15, -0.1) is 11.3 Å². The lowest BCUT2D eigenvalue weighted by molar-refractivity contribution is -0.141. The molecule has 0 radical (unpaired) electrons. The number of hydrogen-bond acceptors (Lipinski definition) is 6. The Kier molecular flexibility index (Phi) is 4.89. The van der Waals surface area contributed by atoms with Crippen molar-refractivity contribution in [3.8, 4) is 0 Å². The van der Waals surface area contributed by atoms with Crippen molar-refractivity contribution in [3.63, 3.8) is 0 Å². The molecule has 0 aliphatic rings. The molecule has 3 N–H and O–H groups in total. The summed E-state index contributed by atoms with van der Waals surface area (Å²) in [6.07, 6.45) is 1.54. The maximum atomic E-state index is 12.2. The summed E-state index contributed by atoms with van der Waals surface area (Å²) in [5.74, 6) is -0.821. The third kappa shape index (κ3) is 3.79. The van der Waals surface area contributed by atoms with Gasteiger partial charge >= 0.3 is 5.97 Å². The van der Waals surface area contributed by atoms with Crippen molar-refractivity contribution in [1.29, 1.82) is 0 Å². The number of amides is 1. The van der Waals surface area contributed by atoms with Crippen LogP contribution in [0.4, 0.5) is 5.69 Å². The lowest BCUT2D eigenvalue weighted by atomic mass is 10.1. The molecule has 0 aliphatic heterocycles. The maximum Gasteiger partial charge on any atom is 0.307 e.